The predicted molar refractivity (Wildman–Crippen MR) is 43.8 cm³/mol. The lowest BCUT2D eigenvalue weighted by atomic mass is 10.2. The van der Waals surface area contributed by atoms with E-state index in [4.69, 9.17) is 10.5 Å². The van der Waals surface area contributed by atoms with E-state index in [1.54, 1.807) is 6.92 Å². The number of ether oxygens (including phenoxy) is 1. The van der Waals surface area contributed by atoms with Crippen LogP contribution in [0.25, 0.3) is 0 Å². The van der Waals surface area contributed by atoms with Crippen molar-refractivity contribution < 1.29 is 9.53 Å². The van der Waals surface area contributed by atoms with Gasteiger partial charge in [-0.25, -0.2) is 4.79 Å². The SMILES string of the molecule is CCCC(=CN)C(=O)OCC. The van der Waals surface area contributed by atoms with Crippen molar-refractivity contribution in [2.75, 3.05) is 6.61 Å². The van der Waals surface area contributed by atoms with E-state index >= 15 is 0 Å². The van der Waals surface area contributed by atoms with E-state index < -0.39 is 0 Å². The lowest BCUT2D eigenvalue weighted by Gasteiger charge is -2.03. The van der Waals surface area contributed by atoms with E-state index in [2.05, 4.69) is 0 Å². The summed E-state index contributed by atoms with van der Waals surface area (Å²) in [5.41, 5.74) is 5.79. The van der Waals surface area contributed by atoms with Crippen LogP contribution in [0.15, 0.2) is 11.8 Å². The van der Waals surface area contributed by atoms with Gasteiger partial charge in [0.05, 0.1) is 12.2 Å². The largest absolute Gasteiger partial charge is 0.463 e. The molecule has 0 atom stereocenters. The lowest BCUT2D eigenvalue weighted by Crippen LogP contribution is -2.09. The average molecular weight is 157 g/mol. The average Bonchev–Trinajstić information content (AvgIpc) is 2.00. The summed E-state index contributed by atoms with van der Waals surface area (Å²) >= 11 is 0. The maximum atomic E-state index is 11.0. The van der Waals surface area contributed by atoms with Crippen molar-refractivity contribution in [3.05, 3.63) is 11.8 Å². The Morgan fingerprint density at radius 1 is 1.55 bits per heavy atom. The second-order valence-corrected chi connectivity index (χ2v) is 2.16. The van der Waals surface area contributed by atoms with Crippen molar-refractivity contribution in [2.24, 2.45) is 5.73 Å². The van der Waals surface area contributed by atoms with E-state index in [9.17, 15) is 4.79 Å². The van der Waals surface area contributed by atoms with E-state index in [1.165, 1.54) is 6.20 Å². The van der Waals surface area contributed by atoms with Crippen LogP contribution in [0.4, 0.5) is 0 Å². The second kappa shape index (κ2) is 5.77. The summed E-state index contributed by atoms with van der Waals surface area (Å²) < 4.78 is 4.76. The van der Waals surface area contributed by atoms with E-state index in [0.29, 0.717) is 18.6 Å². The molecular formula is C8H15NO2. The number of hydrogen-bond acceptors (Lipinski definition) is 3. The first-order valence-corrected chi connectivity index (χ1v) is 3.84. The van der Waals surface area contributed by atoms with Gasteiger partial charge < -0.3 is 10.5 Å². The second-order valence-electron chi connectivity index (χ2n) is 2.16. The number of hydrogen-bond donors (Lipinski definition) is 1. The Morgan fingerprint density at radius 2 is 2.18 bits per heavy atom. The number of rotatable bonds is 4. The Morgan fingerprint density at radius 3 is 2.55 bits per heavy atom. The first-order chi connectivity index (χ1) is 5.26. The maximum Gasteiger partial charge on any atom is 0.335 e. The van der Waals surface area contributed by atoms with E-state index in [0.717, 1.165) is 6.42 Å². The minimum absolute atomic E-state index is 0.295. The van der Waals surface area contributed by atoms with Crippen LogP contribution in [0.2, 0.25) is 0 Å². The van der Waals surface area contributed by atoms with Crippen molar-refractivity contribution in [3.63, 3.8) is 0 Å². The van der Waals surface area contributed by atoms with Crippen LogP contribution in [-0.4, -0.2) is 12.6 Å². The standard InChI is InChI=1S/C8H15NO2/c1-3-5-7(6-9)8(10)11-4-2/h6H,3-5,9H2,1-2H3. The van der Waals surface area contributed by atoms with Gasteiger partial charge in [0.2, 0.25) is 0 Å². The van der Waals surface area contributed by atoms with Crippen molar-refractivity contribution in [1.29, 1.82) is 0 Å². The summed E-state index contributed by atoms with van der Waals surface area (Å²) in [7, 11) is 0. The van der Waals surface area contributed by atoms with Gasteiger partial charge in [-0.15, -0.1) is 0 Å². The van der Waals surface area contributed by atoms with Gasteiger partial charge in [0, 0.05) is 6.20 Å². The van der Waals surface area contributed by atoms with Crippen molar-refractivity contribution in [2.45, 2.75) is 26.7 Å². The summed E-state index contributed by atoms with van der Waals surface area (Å²) in [4.78, 5) is 11.0. The fourth-order valence-corrected chi connectivity index (χ4v) is 0.747. The molecule has 0 heterocycles. The highest BCUT2D eigenvalue weighted by molar-refractivity contribution is 5.88. The Labute approximate surface area is 67.2 Å². The molecule has 0 bridgehead atoms. The highest BCUT2D eigenvalue weighted by atomic mass is 16.5. The number of carbonyl (C=O) groups excluding carboxylic acids is 1. The van der Waals surface area contributed by atoms with E-state index in [1.807, 2.05) is 6.92 Å². The summed E-state index contributed by atoms with van der Waals surface area (Å²) in [5.74, 6) is -0.295. The predicted octanol–water partition coefficient (Wildman–Crippen LogP) is 1.19. The van der Waals surface area contributed by atoms with Gasteiger partial charge in [0.15, 0.2) is 0 Å². The molecule has 11 heavy (non-hydrogen) atoms. The van der Waals surface area contributed by atoms with Gasteiger partial charge in [-0.3, -0.25) is 0 Å². The fraction of sp³-hybridized carbons (Fsp3) is 0.625. The van der Waals surface area contributed by atoms with Crippen molar-refractivity contribution in [1.82, 2.24) is 0 Å². The third kappa shape index (κ3) is 3.65. The summed E-state index contributed by atoms with van der Waals surface area (Å²) in [6.45, 7) is 4.17. The number of carbonyl (C=O) groups is 1. The molecule has 3 nitrogen and oxygen atoms in total. The molecule has 0 aliphatic rings. The molecular weight excluding hydrogens is 142 g/mol. The molecule has 0 aromatic heterocycles. The van der Waals surface area contributed by atoms with Crippen molar-refractivity contribution >= 4 is 5.97 Å². The fourth-order valence-electron chi connectivity index (χ4n) is 0.747. The molecule has 0 fully saturated rings. The van der Waals surface area contributed by atoms with Crippen LogP contribution in [-0.2, 0) is 9.53 Å². The zero-order valence-electron chi connectivity index (χ0n) is 7.09. The van der Waals surface area contributed by atoms with Gasteiger partial charge in [-0.2, -0.15) is 0 Å². The number of nitrogens with two attached hydrogens (primary N) is 1. The molecule has 0 aliphatic carbocycles. The Balaban J connectivity index is 3.94. The van der Waals surface area contributed by atoms with E-state index in [-0.39, 0.29) is 5.97 Å². The number of esters is 1. The molecule has 0 spiro atoms. The molecule has 0 saturated heterocycles. The quantitative estimate of drug-likeness (QED) is 0.492. The zero-order chi connectivity index (χ0) is 8.69. The summed E-state index contributed by atoms with van der Waals surface area (Å²) in [6, 6.07) is 0. The minimum atomic E-state index is -0.295. The van der Waals surface area contributed by atoms with Gasteiger partial charge in [0.25, 0.3) is 0 Å². The van der Waals surface area contributed by atoms with Crippen LogP contribution in [0, 0.1) is 0 Å². The van der Waals surface area contributed by atoms with Gasteiger partial charge >= 0.3 is 5.97 Å². The maximum absolute atomic E-state index is 11.0. The first-order valence-electron chi connectivity index (χ1n) is 3.84. The monoisotopic (exact) mass is 157 g/mol. The van der Waals surface area contributed by atoms with Crippen LogP contribution < -0.4 is 5.73 Å². The highest BCUT2D eigenvalue weighted by Gasteiger charge is 2.07. The van der Waals surface area contributed by atoms with Gasteiger partial charge in [0.1, 0.15) is 0 Å². The van der Waals surface area contributed by atoms with Crippen LogP contribution >= 0.6 is 0 Å². The molecule has 0 saturated carbocycles. The summed E-state index contributed by atoms with van der Waals surface area (Å²) in [5, 5.41) is 0. The topological polar surface area (TPSA) is 52.3 Å². The Kier molecular flexibility index (Phi) is 5.25. The smallest absolute Gasteiger partial charge is 0.335 e. The Hall–Kier alpha value is -0.990. The minimum Gasteiger partial charge on any atom is -0.463 e. The third-order valence-electron chi connectivity index (χ3n) is 1.26. The highest BCUT2D eigenvalue weighted by Crippen LogP contribution is 2.04. The molecule has 0 amide bonds. The molecule has 0 radical (unpaired) electrons. The van der Waals surface area contributed by atoms with Crippen molar-refractivity contribution in [3.8, 4) is 0 Å². The van der Waals surface area contributed by atoms with Gasteiger partial charge in [-0.05, 0) is 13.3 Å². The normalized spacial score (nSPS) is 11.3. The Bertz CT molecular complexity index is 152. The van der Waals surface area contributed by atoms with Crippen LogP contribution in [0.1, 0.15) is 26.7 Å². The molecule has 0 rings (SSSR count). The van der Waals surface area contributed by atoms with Crippen LogP contribution in [0.5, 0.6) is 0 Å². The van der Waals surface area contributed by atoms with Crippen LogP contribution in [0.3, 0.4) is 0 Å². The molecule has 0 aromatic rings. The zero-order valence-corrected chi connectivity index (χ0v) is 7.09. The first kappa shape index (κ1) is 10.0. The van der Waals surface area contributed by atoms with Gasteiger partial charge in [-0.1, -0.05) is 13.3 Å². The third-order valence-corrected chi connectivity index (χ3v) is 1.26. The molecule has 2 N–H and O–H groups in total. The molecule has 0 unspecified atom stereocenters. The lowest BCUT2D eigenvalue weighted by molar-refractivity contribution is -0.138. The molecule has 3 heteroatoms. The molecule has 64 valence electrons. The summed E-state index contributed by atoms with van der Waals surface area (Å²) in [6.07, 6.45) is 2.92. The molecule has 0 aromatic carbocycles. The molecule has 0 aliphatic heterocycles.